The van der Waals surface area contributed by atoms with Crippen molar-refractivity contribution < 1.29 is 47.7 Å². The highest BCUT2D eigenvalue weighted by atomic mass is 16.6. The van der Waals surface area contributed by atoms with Crippen LogP contribution in [0.3, 0.4) is 0 Å². The molecule has 0 radical (unpaired) electrons. The van der Waals surface area contributed by atoms with Crippen LogP contribution in [0.15, 0.2) is 34.9 Å². The van der Waals surface area contributed by atoms with Crippen molar-refractivity contribution in [2.24, 2.45) is 35.5 Å². The first-order chi connectivity index (χ1) is 20.2. The third-order valence-corrected chi connectivity index (χ3v) is 9.77. The molecule has 6 bridgehead atoms. The van der Waals surface area contributed by atoms with Gasteiger partial charge >= 0.3 is 35.8 Å². The first-order valence-electron chi connectivity index (χ1n) is 15.3. The van der Waals surface area contributed by atoms with Gasteiger partial charge in [0.05, 0.1) is 19.4 Å². The largest absolute Gasteiger partial charge is 0.463 e. The number of hydrogen-bond donors (Lipinski definition) is 0. The third kappa shape index (κ3) is 6.13. The van der Waals surface area contributed by atoms with E-state index in [0.29, 0.717) is 47.8 Å². The van der Waals surface area contributed by atoms with Gasteiger partial charge in [0, 0.05) is 23.1 Å². The highest BCUT2D eigenvalue weighted by molar-refractivity contribution is 5.99. The number of fused-ring (bicyclic) bond motifs is 6. The summed E-state index contributed by atoms with van der Waals surface area (Å²) in [6.07, 6.45) is 14.5. The first-order valence-corrected chi connectivity index (χ1v) is 15.3. The Labute approximate surface area is 243 Å². The molecular formula is C32H36O10. The van der Waals surface area contributed by atoms with Gasteiger partial charge in [-0.15, -0.1) is 0 Å². The van der Waals surface area contributed by atoms with E-state index < -0.39 is 36.0 Å². The zero-order valence-electron chi connectivity index (χ0n) is 23.5. The van der Waals surface area contributed by atoms with Crippen molar-refractivity contribution in [3.63, 3.8) is 0 Å². The summed E-state index contributed by atoms with van der Waals surface area (Å²) >= 11 is 0. The fourth-order valence-electron chi connectivity index (χ4n) is 7.64. The highest BCUT2D eigenvalue weighted by Crippen LogP contribution is 2.45. The summed E-state index contributed by atoms with van der Waals surface area (Å²) < 4.78 is 19.6. The minimum absolute atomic E-state index is 0.206. The maximum absolute atomic E-state index is 12.0. The standard InChI is InChI=1S/C20H22O6.C12H14O4/c21-17(25-19(23)15-9-11-1-3-13(15)7-11)5-6-18(22)26-20(24)16-10-12-2-4-14(16)8-12;13-11(16-10-3-4-15-12(10)14)9-6-7-1-2-8(9)5-7/h9-14H,1-8H2;6-8,10H,1-5H2. The Kier molecular flexibility index (Phi) is 8.14. The lowest BCUT2D eigenvalue weighted by molar-refractivity contribution is -0.162. The molecule has 42 heavy (non-hydrogen) atoms. The van der Waals surface area contributed by atoms with E-state index in [0.717, 1.165) is 56.9 Å². The second-order valence-corrected chi connectivity index (χ2v) is 12.5. The zero-order chi connectivity index (χ0) is 29.4. The molecule has 6 aliphatic carbocycles. The summed E-state index contributed by atoms with van der Waals surface area (Å²) in [7, 11) is 0. The van der Waals surface area contributed by atoms with Crippen molar-refractivity contribution in [2.75, 3.05) is 6.61 Å². The van der Waals surface area contributed by atoms with Gasteiger partial charge in [-0.05, 0) is 93.3 Å². The molecular weight excluding hydrogens is 544 g/mol. The lowest BCUT2D eigenvalue weighted by Crippen LogP contribution is -2.25. The quantitative estimate of drug-likeness (QED) is 0.248. The SMILES string of the molecule is O=C(CCC(=O)OC(=O)C1=CC2CCC1C2)OC(=O)C1=CC2CCC1C2.O=C(OC1CCOC1=O)C1=CC2CCC1C2. The fourth-order valence-corrected chi connectivity index (χ4v) is 7.64. The van der Waals surface area contributed by atoms with Crippen LogP contribution < -0.4 is 0 Å². The van der Waals surface area contributed by atoms with Crippen LogP contribution in [0.5, 0.6) is 0 Å². The molecule has 4 fully saturated rings. The summed E-state index contributed by atoms with van der Waals surface area (Å²) in [6.45, 7) is 0.363. The normalized spacial score (nSPS) is 32.8. The lowest BCUT2D eigenvalue weighted by Gasteiger charge is -2.14. The van der Waals surface area contributed by atoms with Gasteiger partial charge in [-0.3, -0.25) is 9.59 Å². The maximum atomic E-state index is 12.0. The molecule has 3 saturated carbocycles. The fraction of sp³-hybridized carbons (Fsp3) is 0.625. The van der Waals surface area contributed by atoms with Crippen molar-refractivity contribution in [2.45, 2.75) is 83.2 Å². The minimum Gasteiger partial charge on any atom is -0.463 e. The van der Waals surface area contributed by atoms with Crippen molar-refractivity contribution in [1.82, 2.24) is 0 Å². The highest BCUT2D eigenvalue weighted by Gasteiger charge is 2.40. The van der Waals surface area contributed by atoms with Gasteiger partial charge in [0.1, 0.15) is 0 Å². The van der Waals surface area contributed by atoms with Crippen LogP contribution in [0.2, 0.25) is 0 Å². The molecule has 0 aromatic carbocycles. The Balaban J connectivity index is 0.000000168. The first kappa shape index (κ1) is 28.6. The Bertz CT molecular complexity index is 1230. The molecule has 1 aliphatic heterocycles. The number of rotatable bonds is 7. The van der Waals surface area contributed by atoms with Crippen molar-refractivity contribution >= 4 is 35.8 Å². The van der Waals surface area contributed by atoms with E-state index in [2.05, 4.69) is 0 Å². The smallest absolute Gasteiger partial charge is 0.347 e. The Morgan fingerprint density at radius 3 is 1.38 bits per heavy atom. The number of carbonyl (C=O) groups excluding carboxylic acids is 6. The van der Waals surface area contributed by atoms with Crippen molar-refractivity contribution in [1.29, 1.82) is 0 Å². The summed E-state index contributed by atoms with van der Waals surface area (Å²) in [5.41, 5.74) is 1.97. The van der Waals surface area contributed by atoms with Gasteiger partial charge in [-0.25, -0.2) is 19.2 Å². The maximum Gasteiger partial charge on any atom is 0.347 e. The van der Waals surface area contributed by atoms with E-state index in [-0.39, 0.29) is 30.6 Å². The second-order valence-electron chi connectivity index (χ2n) is 12.5. The monoisotopic (exact) mass is 580 g/mol. The molecule has 7 atom stereocenters. The van der Waals surface area contributed by atoms with Crippen molar-refractivity contribution in [3.8, 4) is 0 Å². The van der Waals surface area contributed by atoms with Crippen LogP contribution in [0, 0.1) is 35.5 Å². The predicted octanol–water partition coefficient (Wildman–Crippen LogP) is 3.82. The number of hydrogen-bond acceptors (Lipinski definition) is 10. The van der Waals surface area contributed by atoms with Crippen LogP contribution >= 0.6 is 0 Å². The molecule has 0 spiro atoms. The topological polar surface area (TPSA) is 139 Å². The van der Waals surface area contributed by atoms with Gasteiger partial charge in [0.2, 0.25) is 6.10 Å². The van der Waals surface area contributed by atoms with E-state index in [1.54, 1.807) is 0 Å². The number of allylic oxidation sites excluding steroid dienone is 3. The molecule has 1 heterocycles. The Morgan fingerprint density at radius 2 is 1.05 bits per heavy atom. The number of esters is 6. The molecule has 7 rings (SSSR count). The van der Waals surface area contributed by atoms with Crippen LogP contribution in [-0.2, 0) is 47.7 Å². The van der Waals surface area contributed by atoms with Crippen LogP contribution in [0.4, 0.5) is 0 Å². The van der Waals surface area contributed by atoms with Gasteiger partial charge in [-0.1, -0.05) is 18.2 Å². The third-order valence-electron chi connectivity index (χ3n) is 9.77. The average Bonchev–Trinajstić information content (AvgIpc) is 3.82. The molecule has 7 unspecified atom stereocenters. The molecule has 0 amide bonds. The lowest BCUT2D eigenvalue weighted by atomic mass is 9.99. The van der Waals surface area contributed by atoms with Crippen LogP contribution in [0.25, 0.3) is 0 Å². The molecule has 1 saturated heterocycles. The summed E-state index contributed by atoms with van der Waals surface area (Å²) in [4.78, 5) is 70.6. The van der Waals surface area contributed by atoms with Gasteiger partial charge in [-0.2, -0.15) is 0 Å². The van der Waals surface area contributed by atoms with E-state index in [4.69, 9.17) is 18.9 Å². The Morgan fingerprint density at radius 1 is 0.619 bits per heavy atom. The van der Waals surface area contributed by atoms with Gasteiger partial charge < -0.3 is 18.9 Å². The molecule has 0 aromatic heterocycles. The summed E-state index contributed by atoms with van der Waals surface area (Å²) in [5.74, 6) is -1.23. The average molecular weight is 581 g/mol. The van der Waals surface area contributed by atoms with E-state index in [1.165, 1.54) is 6.42 Å². The van der Waals surface area contributed by atoms with Gasteiger partial charge in [0.15, 0.2) is 0 Å². The number of ether oxygens (including phenoxy) is 4. The molecule has 7 aliphatic rings. The van der Waals surface area contributed by atoms with Crippen LogP contribution in [-0.4, -0.2) is 48.5 Å². The summed E-state index contributed by atoms with van der Waals surface area (Å²) in [6, 6.07) is 0. The van der Waals surface area contributed by atoms with Crippen molar-refractivity contribution in [3.05, 3.63) is 34.9 Å². The van der Waals surface area contributed by atoms with Gasteiger partial charge in [0.25, 0.3) is 0 Å². The molecule has 0 aromatic rings. The predicted molar refractivity (Wildman–Crippen MR) is 144 cm³/mol. The second kappa shape index (κ2) is 12.0. The van der Waals surface area contributed by atoms with E-state index in [9.17, 15) is 28.8 Å². The van der Waals surface area contributed by atoms with E-state index in [1.807, 2.05) is 18.2 Å². The molecule has 10 heteroatoms. The summed E-state index contributed by atoms with van der Waals surface area (Å²) in [5, 5.41) is 0. The number of cyclic esters (lactones) is 1. The molecule has 224 valence electrons. The molecule has 10 nitrogen and oxygen atoms in total. The zero-order valence-corrected chi connectivity index (χ0v) is 23.5. The van der Waals surface area contributed by atoms with E-state index >= 15 is 0 Å². The van der Waals surface area contributed by atoms with Crippen LogP contribution in [0.1, 0.15) is 77.0 Å². The Hall–Kier alpha value is -3.56. The molecule has 0 N–H and O–H groups in total. The number of carbonyl (C=O) groups is 6. The minimum atomic E-state index is -0.762.